The number of aromatic nitrogens is 4. The van der Waals surface area contributed by atoms with Crippen LogP contribution in [0.3, 0.4) is 0 Å². The maximum Gasteiger partial charge on any atom is 0.291 e. The first-order valence-corrected chi connectivity index (χ1v) is 8.28. The standard InChI is InChI=1S/C17H10BrN5O3/c18-10-1-6-13-14(24)8-16(26-15(13)7-10)17(25)20-11-2-4-12(5-3-11)23-9-19-21-22-23/h1-9H,(H,20,25). The summed E-state index contributed by atoms with van der Waals surface area (Å²) in [4.78, 5) is 24.6. The lowest BCUT2D eigenvalue weighted by atomic mass is 10.2. The van der Waals surface area contributed by atoms with Gasteiger partial charge < -0.3 is 9.73 Å². The van der Waals surface area contributed by atoms with Crippen LogP contribution in [0.15, 0.2) is 68.5 Å². The van der Waals surface area contributed by atoms with Crippen molar-refractivity contribution in [1.82, 2.24) is 20.2 Å². The summed E-state index contributed by atoms with van der Waals surface area (Å²) >= 11 is 3.32. The maximum absolute atomic E-state index is 12.4. The van der Waals surface area contributed by atoms with Crippen molar-refractivity contribution in [2.45, 2.75) is 0 Å². The van der Waals surface area contributed by atoms with Gasteiger partial charge in [-0.15, -0.1) is 5.10 Å². The van der Waals surface area contributed by atoms with E-state index in [0.717, 1.165) is 10.2 Å². The molecule has 0 spiro atoms. The van der Waals surface area contributed by atoms with Crippen LogP contribution in [-0.2, 0) is 0 Å². The molecule has 2 heterocycles. The first kappa shape index (κ1) is 16.2. The Morgan fingerprint density at radius 1 is 1.12 bits per heavy atom. The van der Waals surface area contributed by atoms with Gasteiger partial charge in [-0.2, -0.15) is 0 Å². The molecule has 128 valence electrons. The molecule has 4 aromatic rings. The number of rotatable bonds is 3. The van der Waals surface area contributed by atoms with Crippen molar-refractivity contribution in [1.29, 1.82) is 0 Å². The van der Waals surface area contributed by atoms with Gasteiger partial charge in [0, 0.05) is 16.2 Å². The Balaban J connectivity index is 1.60. The van der Waals surface area contributed by atoms with Gasteiger partial charge in [-0.25, -0.2) is 4.68 Å². The van der Waals surface area contributed by atoms with Crippen molar-refractivity contribution in [2.75, 3.05) is 5.32 Å². The number of fused-ring (bicyclic) bond motifs is 1. The molecule has 0 atom stereocenters. The normalized spacial score (nSPS) is 10.8. The molecule has 2 aromatic carbocycles. The van der Waals surface area contributed by atoms with Gasteiger partial charge in [-0.3, -0.25) is 9.59 Å². The van der Waals surface area contributed by atoms with E-state index in [1.807, 2.05) is 0 Å². The van der Waals surface area contributed by atoms with Crippen molar-refractivity contribution in [3.8, 4) is 5.69 Å². The predicted molar refractivity (Wildman–Crippen MR) is 97.3 cm³/mol. The highest BCUT2D eigenvalue weighted by atomic mass is 79.9. The molecule has 0 fully saturated rings. The molecule has 2 aromatic heterocycles. The van der Waals surface area contributed by atoms with Gasteiger partial charge >= 0.3 is 0 Å². The summed E-state index contributed by atoms with van der Waals surface area (Å²) in [6, 6.07) is 13.1. The quantitative estimate of drug-likeness (QED) is 0.555. The number of carbonyl (C=O) groups excluding carboxylic acids is 1. The molecule has 1 amide bonds. The van der Waals surface area contributed by atoms with Crippen LogP contribution in [-0.4, -0.2) is 26.1 Å². The number of amides is 1. The molecule has 0 saturated heterocycles. The van der Waals surface area contributed by atoms with Crippen LogP contribution in [0, 0.1) is 0 Å². The fraction of sp³-hybridized carbons (Fsp3) is 0. The Morgan fingerprint density at radius 3 is 2.65 bits per heavy atom. The molecule has 4 rings (SSSR count). The molecule has 0 saturated carbocycles. The molecule has 0 aliphatic carbocycles. The monoisotopic (exact) mass is 411 g/mol. The number of hydrogen-bond donors (Lipinski definition) is 1. The summed E-state index contributed by atoms with van der Waals surface area (Å²) in [6.07, 6.45) is 1.47. The van der Waals surface area contributed by atoms with E-state index in [0.29, 0.717) is 16.7 Å². The van der Waals surface area contributed by atoms with Gasteiger partial charge in [0.2, 0.25) is 0 Å². The Labute approximate surface area is 154 Å². The maximum atomic E-state index is 12.4. The number of carbonyl (C=O) groups is 1. The zero-order chi connectivity index (χ0) is 18.1. The first-order chi connectivity index (χ1) is 12.6. The second-order valence-corrected chi connectivity index (χ2v) is 6.29. The molecular weight excluding hydrogens is 402 g/mol. The fourth-order valence-electron chi connectivity index (χ4n) is 2.41. The van der Waals surface area contributed by atoms with Crippen molar-refractivity contribution < 1.29 is 9.21 Å². The molecule has 9 heteroatoms. The lowest BCUT2D eigenvalue weighted by molar-refractivity contribution is 0.0997. The lowest BCUT2D eigenvalue weighted by Crippen LogP contribution is -2.15. The van der Waals surface area contributed by atoms with Gasteiger partial charge in [-0.05, 0) is 52.9 Å². The molecule has 8 nitrogen and oxygen atoms in total. The zero-order valence-corrected chi connectivity index (χ0v) is 14.7. The molecule has 0 aliphatic heterocycles. The Morgan fingerprint density at radius 2 is 1.92 bits per heavy atom. The molecule has 26 heavy (non-hydrogen) atoms. The largest absolute Gasteiger partial charge is 0.451 e. The number of tetrazole rings is 1. The molecular formula is C17H10BrN5O3. The summed E-state index contributed by atoms with van der Waals surface area (Å²) in [7, 11) is 0. The van der Waals surface area contributed by atoms with Crippen molar-refractivity contribution in [2.24, 2.45) is 0 Å². The number of hydrogen-bond acceptors (Lipinski definition) is 6. The first-order valence-electron chi connectivity index (χ1n) is 7.48. The smallest absolute Gasteiger partial charge is 0.291 e. The van der Waals surface area contributed by atoms with E-state index in [-0.39, 0.29) is 11.2 Å². The van der Waals surface area contributed by atoms with Crippen molar-refractivity contribution >= 4 is 38.5 Å². The van der Waals surface area contributed by atoms with Crippen LogP contribution in [0.5, 0.6) is 0 Å². The number of anilines is 1. The van der Waals surface area contributed by atoms with Gasteiger partial charge in [0.15, 0.2) is 11.2 Å². The summed E-state index contributed by atoms with van der Waals surface area (Å²) in [5.74, 6) is -0.579. The van der Waals surface area contributed by atoms with Crippen LogP contribution >= 0.6 is 15.9 Å². The van der Waals surface area contributed by atoms with E-state index >= 15 is 0 Å². The van der Waals surface area contributed by atoms with Crippen LogP contribution < -0.4 is 10.7 Å². The third kappa shape index (κ3) is 3.11. The highest BCUT2D eigenvalue weighted by molar-refractivity contribution is 9.10. The molecule has 0 radical (unpaired) electrons. The highest BCUT2D eigenvalue weighted by Gasteiger charge is 2.13. The van der Waals surface area contributed by atoms with Crippen LogP contribution in [0.25, 0.3) is 16.7 Å². The highest BCUT2D eigenvalue weighted by Crippen LogP contribution is 2.19. The van der Waals surface area contributed by atoms with Gasteiger partial charge in [0.05, 0.1) is 11.1 Å². The van der Waals surface area contributed by atoms with E-state index in [4.69, 9.17) is 4.42 Å². The van der Waals surface area contributed by atoms with E-state index < -0.39 is 5.91 Å². The van der Waals surface area contributed by atoms with Gasteiger partial charge in [-0.1, -0.05) is 15.9 Å². The molecule has 0 unspecified atom stereocenters. The molecule has 0 aliphatic rings. The minimum atomic E-state index is -0.515. The van der Waals surface area contributed by atoms with Gasteiger partial charge in [0.25, 0.3) is 5.91 Å². The second-order valence-electron chi connectivity index (χ2n) is 5.37. The van der Waals surface area contributed by atoms with Gasteiger partial charge in [0.1, 0.15) is 11.9 Å². The van der Waals surface area contributed by atoms with Crippen molar-refractivity contribution in [3.63, 3.8) is 0 Å². The zero-order valence-electron chi connectivity index (χ0n) is 13.1. The Hall–Kier alpha value is -3.33. The minimum absolute atomic E-state index is 0.0647. The van der Waals surface area contributed by atoms with E-state index in [2.05, 4.69) is 36.8 Å². The van der Waals surface area contributed by atoms with Crippen LogP contribution in [0.1, 0.15) is 10.6 Å². The average Bonchev–Trinajstić information content (AvgIpc) is 3.16. The topological polar surface area (TPSA) is 103 Å². The average molecular weight is 412 g/mol. The summed E-state index contributed by atoms with van der Waals surface area (Å²) in [5, 5.41) is 14.0. The SMILES string of the molecule is O=C(Nc1ccc(-n2cnnn2)cc1)c1cc(=O)c2ccc(Br)cc2o1. The second kappa shape index (κ2) is 6.52. The summed E-state index contributed by atoms with van der Waals surface area (Å²) in [6.45, 7) is 0. The van der Waals surface area contributed by atoms with Crippen LogP contribution in [0.2, 0.25) is 0 Å². The number of nitrogens with zero attached hydrogens (tertiary/aromatic N) is 4. The summed E-state index contributed by atoms with van der Waals surface area (Å²) < 4.78 is 7.81. The lowest BCUT2D eigenvalue weighted by Gasteiger charge is -2.06. The third-order valence-corrected chi connectivity index (χ3v) is 4.15. The molecule has 0 bridgehead atoms. The number of nitrogens with one attached hydrogen (secondary N) is 1. The third-order valence-electron chi connectivity index (χ3n) is 3.65. The number of benzene rings is 2. The Kier molecular flexibility index (Phi) is 4.05. The summed E-state index contributed by atoms with van der Waals surface area (Å²) in [5.41, 5.74) is 1.35. The van der Waals surface area contributed by atoms with E-state index in [9.17, 15) is 9.59 Å². The Bertz CT molecular complexity index is 1150. The van der Waals surface area contributed by atoms with Crippen LogP contribution in [0.4, 0.5) is 5.69 Å². The van der Waals surface area contributed by atoms with E-state index in [1.165, 1.54) is 17.1 Å². The fourth-order valence-corrected chi connectivity index (χ4v) is 2.75. The minimum Gasteiger partial charge on any atom is -0.451 e. The van der Waals surface area contributed by atoms with Crippen molar-refractivity contribution in [3.05, 3.63) is 75.3 Å². The number of halogens is 1. The van der Waals surface area contributed by atoms with E-state index in [1.54, 1.807) is 42.5 Å². The molecule has 1 N–H and O–H groups in total. The predicted octanol–water partition coefficient (Wildman–Crippen LogP) is 2.78.